The van der Waals surface area contributed by atoms with E-state index in [9.17, 15) is 4.79 Å². The van der Waals surface area contributed by atoms with Gasteiger partial charge in [0.05, 0.1) is 5.41 Å². The van der Waals surface area contributed by atoms with Crippen LogP contribution < -0.4 is 0 Å². The van der Waals surface area contributed by atoms with Gasteiger partial charge in [0.1, 0.15) is 5.60 Å². The Morgan fingerprint density at radius 3 is 2.77 bits per heavy atom. The molecule has 0 aromatic rings. The molecule has 0 N–H and O–H groups in total. The number of ether oxygens (including phenoxy) is 1. The van der Waals surface area contributed by atoms with Crippen molar-refractivity contribution in [1.82, 2.24) is 0 Å². The van der Waals surface area contributed by atoms with Crippen LogP contribution in [-0.4, -0.2) is 11.6 Å². The SMILES string of the molecule is C=C1CC23CC[C@H]4C5(CCC[C@]4(C)C(=O)O5)[C@@]2(C)CCC1C3. The first-order valence-corrected chi connectivity index (χ1v) is 9.28. The first-order chi connectivity index (χ1) is 10.4. The molecule has 0 aromatic heterocycles. The van der Waals surface area contributed by atoms with Gasteiger partial charge < -0.3 is 4.74 Å². The third-order valence-corrected chi connectivity index (χ3v) is 9.11. The summed E-state index contributed by atoms with van der Waals surface area (Å²) in [5, 5.41) is 0. The molecule has 1 saturated heterocycles. The maximum absolute atomic E-state index is 12.8. The molecular weight excluding hydrogens is 272 g/mol. The average molecular weight is 300 g/mol. The van der Waals surface area contributed by atoms with Gasteiger partial charge in [0.15, 0.2) is 0 Å². The summed E-state index contributed by atoms with van der Waals surface area (Å²) in [5.41, 5.74) is 1.67. The van der Waals surface area contributed by atoms with Crippen LogP contribution in [0.4, 0.5) is 0 Å². The van der Waals surface area contributed by atoms with E-state index >= 15 is 0 Å². The minimum Gasteiger partial charge on any atom is -0.458 e. The number of fused-ring (bicyclic) bond motifs is 1. The van der Waals surface area contributed by atoms with Crippen LogP contribution in [0.1, 0.15) is 71.6 Å². The summed E-state index contributed by atoms with van der Waals surface area (Å²) < 4.78 is 6.36. The van der Waals surface area contributed by atoms with Crippen molar-refractivity contribution < 1.29 is 9.53 Å². The summed E-state index contributed by atoms with van der Waals surface area (Å²) in [6, 6.07) is 0. The molecule has 0 aromatic carbocycles. The lowest BCUT2D eigenvalue weighted by Crippen LogP contribution is -2.65. The summed E-state index contributed by atoms with van der Waals surface area (Å²) in [6.07, 6.45) is 10.8. The molecule has 5 aliphatic rings. The zero-order valence-corrected chi connectivity index (χ0v) is 14.0. The molecule has 2 nitrogen and oxygen atoms in total. The van der Waals surface area contributed by atoms with Crippen molar-refractivity contribution in [3.63, 3.8) is 0 Å². The Hall–Kier alpha value is -0.790. The summed E-state index contributed by atoms with van der Waals surface area (Å²) in [4.78, 5) is 12.8. The fraction of sp³-hybridized carbons (Fsp3) is 0.850. The highest BCUT2D eigenvalue weighted by Gasteiger charge is 2.77. The van der Waals surface area contributed by atoms with Gasteiger partial charge in [0, 0.05) is 11.3 Å². The van der Waals surface area contributed by atoms with Gasteiger partial charge in [0.25, 0.3) is 0 Å². The minimum atomic E-state index is -0.199. The molecule has 0 amide bonds. The van der Waals surface area contributed by atoms with E-state index in [1.54, 1.807) is 0 Å². The number of esters is 1. The Kier molecular flexibility index (Phi) is 2.26. The van der Waals surface area contributed by atoms with E-state index in [0.717, 1.165) is 25.2 Å². The van der Waals surface area contributed by atoms with Gasteiger partial charge in [-0.25, -0.2) is 0 Å². The van der Waals surface area contributed by atoms with Crippen molar-refractivity contribution in [3.05, 3.63) is 12.2 Å². The minimum absolute atomic E-state index is 0.118. The zero-order valence-electron chi connectivity index (χ0n) is 14.0. The molecule has 22 heavy (non-hydrogen) atoms. The first-order valence-electron chi connectivity index (χ1n) is 9.28. The molecule has 1 heterocycles. The highest BCUT2D eigenvalue weighted by Crippen LogP contribution is 2.77. The normalized spacial score (nSPS) is 59.0. The van der Waals surface area contributed by atoms with Crippen molar-refractivity contribution in [2.75, 3.05) is 0 Å². The van der Waals surface area contributed by atoms with Crippen molar-refractivity contribution in [1.29, 1.82) is 0 Å². The lowest BCUT2D eigenvalue weighted by molar-refractivity contribution is -0.224. The second-order valence-corrected chi connectivity index (χ2v) is 9.53. The number of hydrogen-bond acceptors (Lipinski definition) is 2. The quantitative estimate of drug-likeness (QED) is 0.481. The number of carbonyl (C=O) groups excluding carboxylic acids is 1. The third-order valence-electron chi connectivity index (χ3n) is 9.11. The van der Waals surface area contributed by atoms with Gasteiger partial charge in [0.2, 0.25) is 0 Å². The fourth-order valence-corrected chi connectivity index (χ4v) is 7.82. The van der Waals surface area contributed by atoms with Crippen molar-refractivity contribution in [2.45, 2.75) is 77.2 Å². The molecule has 120 valence electrons. The third kappa shape index (κ3) is 1.16. The van der Waals surface area contributed by atoms with Gasteiger partial charge >= 0.3 is 5.97 Å². The van der Waals surface area contributed by atoms with Gasteiger partial charge in [-0.15, -0.1) is 0 Å². The molecule has 0 radical (unpaired) electrons. The van der Waals surface area contributed by atoms with Crippen LogP contribution in [0, 0.1) is 28.1 Å². The molecule has 4 saturated carbocycles. The molecule has 1 aliphatic heterocycles. The van der Waals surface area contributed by atoms with Crippen LogP contribution in [0.2, 0.25) is 0 Å². The smallest absolute Gasteiger partial charge is 0.312 e. The first kappa shape index (κ1) is 13.6. The average Bonchev–Trinajstić information content (AvgIpc) is 2.80. The molecule has 4 bridgehead atoms. The Labute approximate surface area is 133 Å². The van der Waals surface area contributed by atoms with Crippen LogP contribution in [0.5, 0.6) is 0 Å². The largest absolute Gasteiger partial charge is 0.458 e. The highest BCUT2D eigenvalue weighted by atomic mass is 16.6. The Morgan fingerprint density at radius 2 is 1.95 bits per heavy atom. The molecule has 3 unspecified atom stereocenters. The number of carbonyl (C=O) groups is 1. The van der Waals surface area contributed by atoms with Crippen molar-refractivity contribution >= 4 is 5.97 Å². The summed E-state index contributed by atoms with van der Waals surface area (Å²) >= 11 is 0. The van der Waals surface area contributed by atoms with E-state index in [4.69, 9.17) is 4.74 Å². The Bertz CT molecular complexity index is 595. The molecule has 2 heteroatoms. The second-order valence-electron chi connectivity index (χ2n) is 9.53. The summed E-state index contributed by atoms with van der Waals surface area (Å²) in [7, 11) is 0. The summed E-state index contributed by atoms with van der Waals surface area (Å²) in [5.74, 6) is 1.32. The fourth-order valence-electron chi connectivity index (χ4n) is 7.82. The van der Waals surface area contributed by atoms with Crippen LogP contribution in [-0.2, 0) is 9.53 Å². The van der Waals surface area contributed by atoms with E-state index in [-0.39, 0.29) is 22.4 Å². The number of hydrogen-bond donors (Lipinski definition) is 0. The van der Waals surface area contributed by atoms with E-state index in [0.29, 0.717) is 11.3 Å². The molecule has 5 rings (SSSR count). The maximum atomic E-state index is 12.8. The second kappa shape index (κ2) is 3.65. The lowest BCUT2D eigenvalue weighted by atomic mass is 9.40. The zero-order chi connectivity index (χ0) is 15.4. The topological polar surface area (TPSA) is 26.3 Å². The van der Waals surface area contributed by atoms with Gasteiger partial charge in [-0.1, -0.05) is 19.1 Å². The van der Waals surface area contributed by atoms with Gasteiger partial charge in [-0.05, 0) is 76.0 Å². The molecule has 5 fully saturated rings. The Balaban J connectivity index is 1.69. The van der Waals surface area contributed by atoms with Crippen LogP contribution in [0.15, 0.2) is 12.2 Å². The number of rotatable bonds is 0. The van der Waals surface area contributed by atoms with E-state index in [2.05, 4.69) is 20.4 Å². The maximum Gasteiger partial charge on any atom is 0.312 e. The lowest BCUT2D eigenvalue weighted by Gasteiger charge is -2.65. The molecule has 6 atom stereocenters. The van der Waals surface area contributed by atoms with Crippen LogP contribution in [0.25, 0.3) is 0 Å². The van der Waals surface area contributed by atoms with Gasteiger partial charge in [-0.2, -0.15) is 0 Å². The van der Waals surface area contributed by atoms with E-state index in [1.165, 1.54) is 44.1 Å². The molecular formula is C20H28O2. The molecule has 1 spiro atoms. The predicted molar refractivity (Wildman–Crippen MR) is 85.1 cm³/mol. The molecule has 4 aliphatic carbocycles. The van der Waals surface area contributed by atoms with Crippen LogP contribution >= 0.6 is 0 Å². The van der Waals surface area contributed by atoms with Crippen molar-refractivity contribution in [2.24, 2.45) is 28.1 Å². The van der Waals surface area contributed by atoms with E-state index in [1.807, 2.05) is 0 Å². The van der Waals surface area contributed by atoms with Gasteiger partial charge in [-0.3, -0.25) is 4.79 Å². The summed E-state index contributed by atoms with van der Waals surface area (Å²) in [6.45, 7) is 9.08. The highest BCUT2D eigenvalue weighted by molar-refractivity contribution is 5.81. The van der Waals surface area contributed by atoms with E-state index < -0.39 is 0 Å². The standard InChI is InChI=1S/C20H28O2/c1-13-11-19-10-6-15-17(2)7-4-8-20(15,22-16(17)21)18(19,3)9-5-14(13)12-19/h14-15H,1,4-12H2,2-3H3/t14?,15-,17+,18+,19?,20?/m1/s1. The number of allylic oxidation sites excluding steroid dienone is 1. The van der Waals surface area contributed by atoms with Crippen molar-refractivity contribution in [3.8, 4) is 0 Å². The van der Waals surface area contributed by atoms with Crippen LogP contribution in [0.3, 0.4) is 0 Å². The Morgan fingerprint density at radius 1 is 1.14 bits per heavy atom. The monoisotopic (exact) mass is 300 g/mol. The predicted octanol–water partition coefficient (Wildman–Crippen LogP) is 4.63.